The second-order valence-electron chi connectivity index (χ2n) is 8.27. The van der Waals surface area contributed by atoms with Gasteiger partial charge in [0, 0.05) is 6.61 Å². The highest BCUT2D eigenvalue weighted by molar-refractivity contribution is 5.26. The SMILES string of the molecule is OCCCC/C=C1/C[C@@H]2[C@@H](C#CC(O)C3CCCCC3)[C@H](O)CC[C@H]12. The van der Waals surface area contributed by atoms with E-state index in [1.807, 2.05) is 0 Å². The molecule has 5 atom stereocenters. The first-order valence-corrected chi connectivity index (χ1v) is 10.4. The van der Waals surface area contributed by atoms with E-state index in [-0.39, 0.29) is 18.6 Å². The van der Waals surface area contributed by atoms with Crippen LogP contribution in [0.3, 0.4) is 0 Å². The third-order valence-corrected chi connectivity index (χ3v) is 6.63. The highest BCUT2D eigenvalue weighted by Gasteiger charge is 2.46. The van der Waals surface area contributed by atoms with Gasteiger partial charge in [0.25, 0.3) is 0 Å². The van der Waals surface area contributed by atoms with E-state index >= 15 is 0 Å². The predicted molar refractivity (Wildman–Crippen MR) is 99.7 cm³/mol. The van der Waals surface area contributed by atoms with E-state index in [9.17, 15) is 10.2 Å². The van der Waals surface area contributed by atoms with Crippen molar-refractivity contribution in [2.24, 2.45) is 23.7 Å². The molecule has 25 heavy (non-hydrogen) atoms. The first kappa shape index (κ1) is 19.0. The molecule has 0 aliphatic heterocycles. The minimum Gasteiger partial charge on any atom is -0.396 e. The normalized spacial score (nSPS) is 35.4. The van der Waals surface area contributed by atoms with Crippen LogP contribution < -0.4 is 0 Å². The first-order valence-electron chi connectivity index (χ1n) is 10.4. The molecule has 0 saturated heterocycles. The van der Waals surface area contributed by atoms with Gasteiger partial charge >= 0.3 is 0 Å². The largest absolute Gasteiger partial charge is 0.396 e. The molecule has 0 bridgehead atoms. The lowest BCUT2D eigenvalue weighted by atomic mass is 9.57. The molecule has 3 nitrogen and oxygen atoms in total. The Morgan fingerprint density at radius 2 is 1.88 bits per heavy atom. The molecule has 3 N–H and O–H groups in total. The van der Waals surface area contributed by atoms with Crippen LogP contribution in [-0.4, -0.2) is 34.1 Å². The molecule has 3 aliphatic rings. The summed E-state index contributed by atoms with van der Waals surface area (Å²) in [4.78, 5) is 0. The zero-order valence-corrected chi connectivity index (χ0v) is 15.4. The summed E-state index contributed by atoms with van der Waals surface area (Å²) in [6, 6.07) is 0. The monoisotopic (exact) mass is 346 g/mol. The van der Waals surface area contributed by atoms with E-state index in [1.165, 1.54) is 24.8 Å². The summed E-state index contributed by atoms with van der Waals surface area (Å²) in [5.74, 6) is 7.82. The number of hydrogen-bond donors (Lipinski definition) is 3. The van der Waals surface area contributed by atoms with E-state index in [2.05, 4.69) is 17.9 Å². The fourth-order valence-electron chi connectivity index (χ4n) is 5.00. The van der Waals surface area contributed by atoms with Crippen molar-refractivity contribution < 1.29 is 15.3 Å². The summed E-state index contributed by atoms with van der Waals surface area (Å²) in [5.41, 5.74) is 1.54. The Balaban J connectivity index is 1.56. The van der Waals surface area contributed by atoms with Gasteiger partial charge in [0.2, 0.25) is 0 Å². The second-order valence-corrected chi connectivity index (χ2v) is 8.27. The number of aliphatic hydroxyl groups is 3. The smallest absolute Gasteiger partial charge is 0.117 e. The molecule has 3 saturated carbocycles. The zero-order chi connectivity index (χ0) is 17.6. The van der Waals surface area contributed by atoms with E-state index < -0.39 is 6.10 Å². The van der Waals surface area contributed by atoms with Gasteiger partial charge in [-0.25, -0.2) is 0 Å². The van der Waals surface area contributed by atoms with E-state index in [1.54, 1.807) is 0 Å². The van der Waals surface area contributed by atoms with Gasteiger partial charge < -0.3 is 15.3 Å². The highest BCUT2D eigenvalue weighted by Crippen LogP contribution is 2.51. The molecule has 140 valence electrons. The average molecular weight is 347 g/mol. The summed E-state index contributed by atoms with van der Waals surface area (Å²) >= 11 is 0. The number of unbranched alkanes of at least 4 members (excludes halogenated alkanes) is 2. The van der Waals surface area contributed by atoms with E-state index in [0.29, 0.717) is 17.8 Å². The average Bonchev–Trinajstić information content (AvgIpc) is 2.62. The van der Waals surface area contributed by atoms with Crippen LogP contribution in [-0.2, 0) is 0 Å². The van der Waals surface area contributed by atoms with Gasteiger partial charge in [-0.3, -0.25) is 0 Å². The highest BCUT2D eigenvalue weighted by atomic mass is 16.3. The Morgan fingerprint density at radius 3 is 2.64 bits per heavy atom. The van der Waals surface area contributed by atoms with Crippen molar-refractivity contribution in [2.45, 2.75) is 82.8 Å². The predicted octanol–water partition coefficient (Wildman–Crippen LogP) is 3.43. The minimum absolute atomic E-state index is 0.0339. The van der Waals surface area contributed by atoms with Crippen molar-refractivity contribution in [3.8, 4) is 11.8 Å². The molecule has 0 aromatic carbocycles. The molecule has 3 aliphatic carbocycles. The Labute approximate surface area is 152 Å². The summed E-state index contributed by atoms with van der Waals surface area (Å²) in [5, 5.41) is 29.7. The van der Waals surface area contributed by atoms with Gasteiger partial charge in [-0.15, -0.1) is 0 Å². The number of allylic oxidation sites excluding steroid dienone is 2. The fraction of sp³-hybridized carbons (Fsp3) is 0.818. The maximum atomic E-state index is 10.4. The molecule has 3 fully saturated rings. The van der Waals surface area contributed by atoms with Crippen molar-refractivity contribution in [3.05, 3.63) is 11.6 Å². The van der Waals surface area contributed by atoms with Crippen LogP contribution in [0.2, 0.25) is 0 Å². The summed E-state index contributed by atoms with van der Waals surface area (Å²) < 4.78 is 0. The maximum Gasteiger partial charge on any atom is 0.117 e. The van der Waals surface area contributed by atoms with Crippen molar-refractivity contribution in [1.82, 2.24) is 0 Å². The third-order valence-electron chi connectivity index (χ3n) is 6.63. The summed E-state index contributed by atoms with van der Waals surface area (Å²) in [6.07, 6.45) is 13.4. The number of fused-ring (bicyclic) bond motifs is 1. The van der Waals surface area contributed by atoms with E-state index in [0.717, 1.165) is 51.4 Å². The van der Waals surface area contributed by atoms with Crippen LogP contribution in [0.15, 0.2) is 11.6 Å². The lowest BCUT2D eigenvalue weighted by Gasteiger charge is -2.48. The lowest BCUT2D eigenvalue weighted by Crippen LogP contribution is -2.44. The Kier molecular flexibility index (Phi) is 6.99. The topological polar surface area (TPSA) is 60.7 Å². The van der Waals surface area contributed by atoms with Crippen LogP contribution in [0, 0.1) is 35.5 Å². The standard InChI is InChI=1S/C22H34O3/c23-14-6-2-5-9-17-15-20-18(17)10-13-22(25)19(20)11-12-21(24)16-7-3-1-4-8-16/h9,16,18-25H,1-8,10,13-15H2/b17-9-/t18-,19-,20+,21?,22-/m1/s1. The number of aliphatic hydroxyl groups excluding tert-OH is 3. The van der Waals surface area contributed by atoms with Crippen molar-refractivity contribution in [3.63, 3.8) is 0 Å². The van der Waals surface area contributed by atoms with E-state index in [4.69, 9.17) is 5.11 Å². The number of rotatable bonds is 5. The van der Waals surface area contributed by atoms with Gasteiger partial charge in [-0.05, 0) is 69.1 Å². The molecule has 0 amide bonds. The molecule has 3 rings (SSSR count). The maximum absolute atomic E-state index is 10.4. The molecular formula is C22H34O3. The van der Waals surface area contributed by atoms with Gasteiger partial charge in [0.05, 0.1) is 12.0 Å². The van der Waals surface area contributed by atoms with Crippen molar-refractivity contribution in [1.29, 1.82) is 0 Å². The quantitative estimate of drug-likeness (QED) is 0.406. The fourth-order valence-corrected chi connectivity index (χ4v) is 5.00. The van der Waals surface area contributed by atoms with Gasteiger partial charge in [-0.1, -0.05) is 42.8 Å². The molecular weight excluding hydrogens is 312 g/mol. The van der Waals surface area contributed by atoms with Gasteiger partial charge in [0.15, 0.2) is 0 Å². The summed E-state index contributed by atoms with van der Waals surface area (Å²) in [6.45, 7) is 0.280. The molecule has 0 radical (unpaired) electrons. The lowest BCUT2D eigenvalue weighted by molar-refractivity contribution is 0.0135. The number of hydrogen-bond acceptors (Lipinski definition) is 3. The Hall–Kier alpha value is -0.820. The van der Waals surface area contributed by atoms with Crippen LogP contribution in [0.1, 0.15) is 70.6 Å². The van der Waals surface area contributed by atoms with Crippen LogP contribution in [0.4, 0.5) is 0 Å². The minimum atomic E-state index is -0.513. The molecule has 0 spiro atoms. The molecule has 0 aromatic heterocycles. The van der Waals surface area contributed by atoms with Gasteiger partial charge in [-0.2, -0.15) is 0 Å². The third kappa shape index (κ3) is 4.67. The Bertz CT molecular complexity index is 509. The van der Waals surface area contributed by atoms with Crippen LogP contribution >= 0.6 is 0 Å². The second kappa shape index (κ2) is 9.21. The Morgan fingerprint density at radius 1 is 1.08 bits per heavy atom. The van der Waals surface area contributed by atoms with Crippen molar-refractivity contribution in [2.75, 3.05) is 6.61 Å². The van der Waals surface area contributed by atoms with Gasteiger partial charge in [0.1, 0.15) is 6.10 Å². The molecule has 0 aromatic rings. The molecule has 0 heterocycles. The van der Waals surface area contributed by atoms with Crippen molar-refractivity contribution >= 4 is 0 Å². The molecule has 1 unspecified atom stereocenters. The molecule has 3 heteroatoms. The first-order chi connectivity index (χ1) is 12.2. The summed E-state index contributed by atoms with van der Waals surface area (Å²) in [7, 11) is 0. The zero-order valence-electron chi connectivity index (χ0n) is 15.4. The van der Waals surface area contributed by atoms with Crippen LogP contribution in [0.5, 0.6) is 0 Å². The van der Waals surface area contributed by atoms with Crippen LogP contribution in [0.25, 0.3) is 0 Å².